The smallest absolute Gasteiger partial charge is 0.337 e. The van der Waals surface area contributed by atoms with Gasteiger partial charge in [-0.3, -0.25) is 4.79 Å². The van der Waals surface area contributed by atoms with Gasteiger partial charge in [0, 0.05) is 10.9 Å². The summed E-state index contributed by atoms with van der Waals surface area (Å²) in [6, 6.07) is 12.2. The summed E-state index contributed by atoms with van der Waals surface area (Å²) in [5, 5.41) is 12.2. The van der Waals surface area contributed by atoms with Crippen molar-refractivity contribution in [1.82, 2.24) is 0 Å². The summed E-state index contributed by atoms with van der Waals surface area (Å²) in [7, 11) is 0. The lowest BCUT2D eigenvalue weighted by Gasteiger charge is -2.15. The minimum Gasteiger partial charge on any atom is -0.478 e. The van der Waals surface area contributed by atoms with Crippen LogP contribution in [0.3, 0.4) is 0 Å². The molecule has 1 atom stereocenters. The zero-order chi connectivity index (χ0) is 17.0. The molecule has 0 aliphatic rings. The molecule has 0 bridgehead atoms. The highest BCUT2D eigenvalue weighted by atomic mass is 35.5. The van der Waals surface area contributed by atoms with Gasteiger partial charge in [0.1, 0.15) is 0 Å². The molecule has 4 nitrogen and oxygen atoms in total. The van der Waals surface area contributed by atoms with Gasteiger partial charge in [0.2, 0.25) is 5.91 Å². The van der Waals surface area contributed by atoms with Crippen LogP contribution in [-0.2, 0) is 11.2 Å². The summed E-state index contributed by atoms with van der Waals surface area (Å²) in [5.74, 6) is -1.64. The number of aromatic carboxylic acids is 1. The molecule has 1 amide bonds. The zero-order valence-corrected chi connectivity index (χ0v) is 13.7. The Morgan fingerprint density at radius 1 is 1.22 bits per heavy atom. The fraction of sp³-hybridized carbons (Fsp3) is 0.222. The standard InChI is InChI=1S/C18H18ClNO3/c1-11-5-3-4-6-13(11)9-12(2)17(21)20-16-10-14(19)7-8-15(16)18(22)23/h3-8,10,12H,9H2,1-2H3,(H,20,21)(H,22,23). The minimum atomic E-state index is -1.11. The lowest BCUT2D eigenvalue weighted by molar-refractivity contribution is -0.119. The maximum atomic E-state index is 12.4. The topological polar surface area (TPSA) is 66.4 Å². The van der Waals surface area contributed by atoms with Crippen molar-refractivity contribution in [3.63, 3.8) is 0 Å². The molecule has 0 saturated carbocycles. The molecule has 2 N–H and O–H groups in total. The number of halogens is 1. The molecule has 2 aromatic rings. The first-order valence-corrected chi connectivity index (χ1v) is 7.64. The van der Waals surface area contributed by atoms with E-state index < -0.39 is 5.97 Å². The van der Waals surface area contributed by atoms with E-state index in [1.54, 1.807) is 0 Å². The van der Waals surface area contributed by atoms with Crippen molar-refractivity contribution in [3.8, 4) is 0 Å². The van der Waals surface area contributed by atoms with Gasteiger partial charge in [0.05, 0.1) is 11.3 Å². The normalized spacial score (nSPS) is 11.8. The van der Waals surface area contributed by atoms with Gasteiger partial charge in [-0.1, -0.05) is 42.8 Å². The maximum Gasteiger partial charge on any atom is 0.337 e. The number of carboxylic acid groups (broad SMARTS) is 1. The van der Waals surface area contributed by atoms with Gasteiger partial charge in [-0.25, -0.2) is 4.79 Å². The Labute approximate surface area is 140 Å². The van der Waals surface area contributed by atoms with Crippen molar-refractivity contribution < 1.29 is 14.7 Å². The molecule has 0 aliphatic carbocycles. The second-order valence-corrected chi connectivity index (χ2v) is 5.95. The molecule has 120 valence electrons. The van der Waals surface area contributed by atoms with Crippen molar-refractivity contribution in [1.29, 1.82) is 0 Å². The highest BCUT2D eigenvalue weighted by molar-refractivity contribution is 6.31. The fourth-order valence-electron chi connectivity index (χ4n) is 2.32. The highest BCUT2D eigenvalue weighted by Gasteiger charge is 2.18. The van der Waals surface area contributed by atoms with Crippen molar-refractivity contribution >= 4 is 29.2 Å². The molecule has 1 unspecified atom stereocenters. The Morgan fingerprint density at radius 3 is 2.57 bits per heavy atom. The third kappa shape index (κ3) is 4.33. The predicted octanol–water partition coefficient (Wildman–Crippen LogP) is 4.16. The van der Waals surface area contributed by atoms with Crippen molar-refractivity contribution in [2.75, 3.05) is 5.32 Å². The quantitative estimate of drug-likeness (QED) is 0.864. The third-order valence-corrected chi connectivity index (χ3v) is 3.94. The SMILES string of the molecule is Cc1ccccc1CC(C)C(=O)Nc1cc(Cl)ccc1C(=O)O. The van der Waals surface area contributed by atoms with E-state index in [1.165, 1.54) is 18.2 Å². The number of amides is 1. The Bertz CT molecular complexity index is 743. The number of anilines is 1. The first-order chi connectivity index (χ1) is 10.9. The summed E-state index contributed by atoms with van der Waals surface area (Å²) in [5.41, 5.74) is 2.46. The summed E-state index contributed by atoms with van der Waals surface area (Å²) in [6.45, 7) is 3.81. The lowest BCUT2D eigenvalue weighted by Crippen LogP contribution is -2.23. The largest absolute Gasteiger partial charge is 0.478 e. The molecule has 0 aliphatic heterocycles. The third-order valence-electron chi connectivity index (χ3n) is 3.70. The number of rotatable bonds is 5. The average Bonchev–Trinajstić information content (AvgIpc) is 2.49. The maximum absolute atomic E-state index is 12.4. The molecule has 0 heterocycles. The summed E-state index contributed by atoms with van der Waals surface area (Å²) in [6.07, 6.45) is 0.585. The van der Waals surface area contributed by atoms with Gasteiger partial charge in [-0.05, 0) is 42.7 Å². The molecule has 0 radical (unpaired) electrons. The van der Waals surface area contributed by atoms with Gasteiger partial charge >= 0.3 is 5.97 Å². The zero-order valence-electron chi connectivity index (χ0n) is 13.0. The lowest BCUT2D eigenvalue weighted by atomic mass is 9.96. The van der Waals surface area contributed by atoms with Crippen LogP contribution in [0.2, 0.25) is 5.02 Å². The second kappa shape index (κ2) is 7.29. The number of hydrogen-bond acceptors (Lipinski definition) is 2. The van der Waals surface area contributed by atoms with E-state index in [-0.39, 0.29) is 23.1 Å². The Morgan fingerprint density at radius 2 is 1.91 bits per heavy atom. The van der Waals surface area contributed by atoms with Crippen LogP contribution in [0.1, 0.15) is 28.4 Å². The first-order valence-electron chi connectivity index (χ1n) is 7.26. The van der Waals surface area contributed by atoms with Crippen LogP contribution in [0.25, 0.3) is 0 Å². The fourth-order valence-corrected chi connectivity index (χ4v) is 2.50. The number of carbonyl (C=O) groups excluding carboxylic acids is 1. The Hall–Kier alpha value is -2.33. The molecule has 0 saturated heterocycles. The van der Waals surface area contributed by atoms with E-state index in [0.717, 1.165) is 11.1 Å². The number of nitrogens with one attached hydrogen (secondary N) is 1. The van der Waals surface area contributed by atoms with Gasteiger partial charge in [0.15, 0.2) is 0 Å². The highest BCUT2D eigenvalue weighted by Crippen LogP contribution is 2.22. The first kappa shape index (κ1) is 17.0. The van der Waals surface area contributed by atoms with Crippen molar-refractivity contribution in [3.05, 3.63) is 64.2 Å². The van der Waals surface area contributed by atoms with E-state index in [2.05, 4.69) is 5.32 Å². The van der Waals surface area contributed by atoms with E-state index in [1.807, 2.05) is 38.1 Å². The van der Waals surface area contributed by atoms with Crippen LogP contribution < -0.4 is 5.32 Å². The number of hydrogen-bond donors (Lipinski definition) is 2. The van der Waals surface area contributed by atoms with E-state index >= 15 is 0 Å². The van der Waals surface area contributed by atoms with Crippen molar-refractivity contribution in [2.24, 2.45) is 5.92 Å². The Balaban J connectivity index is 2.14. The van der Waals surface area contributed by atoms with Gasteiger partial charge in [-0.2, -0.15) is 0 Å². The molecule has 23 heavy (non-hydrogen) atoms. The molecule has 0 spiro atoms. The van der Waals surface area contributed by atoms with Crippen LogP contribution >= 0.6 is 11.6 Å². The number of carboxylic acids is 1. The molecular formula is C18H18ClNO3. The van der Waals surface area contributed by atoms with Crippen LogP contribution in [0.4, 0.5) is 5.69 Å². The van der Waals surface area contributed by atoms with Crippen LogP contribution in [-0.4, -0.2) is 17.0 Å². The second-order valence-electron chi connectivity index (χ2n) is 5.52. The van der Waals surface area contributed by atoms with Crippen LogP contribution in [0, 0.1) is 12.8 Å². The molecular weight excluding hydrogens is 314 g/mol. The monoisotopic (exact) mass is 331 g/mol. The van der Waals surface area contributed by atoms with E-state index in [9.17, 15) is 14.7 Å². The predicted molar refractivity (Wildman–Crippen MR) is 91.1 cm³/mol. The van der Waals surface area contributed by atoms with Gasteiger partial charge in [-0.15, -0.1) is 0 Å². The summed E-state index contributed by atoms with van der Waals surface area (Å²) < 4.78 is 0. The molecule has 0 aromatic heterocycles. The van der Waals surface area contributed by atoms with Crippen LogP contribution in [0.15, 0.2) is 42.5 Å². The average molecular weight is 332 g/mol. The van der Waals surface area contributed by atoms with Gasteiger partial charge in [0.25, 0.3) is 0 Å². The summed E-state index contributed by atoms with van der Waals surface area (Å²) >= 11 is 5.89. The molecule has 2 aromatic carbocycles. The van der Waals surface area contributed by atoms with Crippen LogP contribution in [0.5, 0.6) is 0 Å². The minimum absolute atomic E-state index is 0.0193. The summed E-state index contributed by atoms with van der Waals surface area (Å²) in [4.78, 5) is 23.6. The van der Waals surface area contributed by atoms with E-state index in [4.69, 9.17) is 11.6 Å². The molecule has 5 heteroatoms. The number of carbonyl (C=O) groups is 2. The number of aryl methyl sites for hydroxylation is 1. The molecule has 0 fully saturated rings. The molecule has 2 rings (SSSR count). The van der Waals surface area contributed by atoms with Gasteiger partial charge < -0.3 is 10.4 Å². The Kier molecular flexibility index (Phi) is 5.40. The van der Waals surface area contributed by atoms with Crippen molar-refractivity contribution in [2.45, 2.75) is 20.3 Å². The number of benzene rings is 2. The van der Waals surface area contributed by atoms with E-state index in [0.29, 0.717) is 11.4 Å².